The number of aryl methyl sites for hydroxylation is 2. The maximum Gasteiger partial charge on any atom is 0.119 e. The number of nitrogens with zero attached hydrogens (tertiary/aromatic N) is 1. The minimum Gasteiger partial charge on any atom is -0.497 e. The van der Waals surface area contributed by atoms with E-state index in [1.807, 2.05) is 6.20 Å². The molecule has 4 heteroatoms. The van der Waals surface area contributed by atoms with Crippen molar-refractivity contribution in [3.8, 4) is 5.75 Å². The zero-order chi connectivity index (χ0) is 13.9. The quantitative estimate of drug-likeness (QED) is 0.914. The first-order chi connectivity index (χ1) is 9.80. The van der Waals surface area contributed by atoms with Crippen molar-refractivity contribution in [2.45, 2.75) is 38.8 Å². The van der Waals surface area contributed by atoms with E-state index in [9.17, 15) is 0 Å². The summed E-state index contributed by atoms with van der Waals surface area (Å²) in [5.74, 6) is 0.944. The monoisotopic (exact) mass is 288 g/mol. The van der Waals surface area contributed by atoms with Crippen LogP contribution in [0.1, 0.15) is 40.4 Å². The second-order valence-electron chi connectivity index (χ2n) is 5.11. The maximum absolute atomic E-state index is 5.33. The SMILES string of the molecule is CCc1cnc(CNC2CCc3ccc(OC)cc32)s1. The third-order valence-electron chi connectivity index (χ3n) is 3.88. The van der Waals surface area contributed by atoms with Crippen molar-refractivity contribution in [1.82, 2.24) is 10.3 Å². The van der Waals surface area contributed by atoms with Crippen LogP contribution < -0.4 is 10.1 Å². The van der Waals surface area contributed by atoms with Crippen molar-refractivity contribution in [3.63, 3.8) is 0 Å². The van der Waals surface area contributed by atoms with E-state index in [4.69, 9.17) is 4.74 Å². The largest absolute Gasteiger partial charge is 0.497 e. The number of nitrogens with one attached hydrogen (secondary N) is 1. The van der Waals surface area contributed by atoms with Crippen molar-refractivity contribution < 1.29 is 4.74 Å². The highest BCUT2D eigenvalue weighted by molar-refractivity contribution is 7.11. The van der Waals surface area contributed by atoms with Crippen molar-refractivity contribution in [3.05, 3.63) is 45.4 Å². The summed E-state index contributed by atoms with van der Waals surface area (Å²) in [6, 6.07) is 6.83. The first-order valence-electron chi connectivity index (χ1n) is 7.14. The average molecular weight is 288 g/mol. The Kier molecular flexibility index (Phi) is 4.03. The Bertz CT molecular complexity index is 594. The number of methoxy groups -OCH3 is 1. The number of aromatic nitrogens is 1. The minimum atomic E-state index is 0.425. The molecule has 0 saturated heterocycles. The van der Waals surface area contributed by atoms with Gasteiger partial charge in [0.15, 0.2) is 0 Å². The van der Waals surface area contributed by atoms with Crippen molar-refractivity contribution in [2.75, 3.05) is 7.11 Å². The van der Waals surface area contributed by atoms with E-state index in [1.54, 1.807) is 18.4 Å². The molecule has 1 heterocycles. The highest BCUT2D eigenvalue weighted by Gasteiger charge is 2.22. The van der Waals surface area contributed by atoms with Gasteiger partial charge in [-0.2, -0.15) is 0 Å². The van der Waals surface area contributed by atoms with Crippen LogP contribution in [0, 0.1) is 0 Å². The van der Waals surface area contributed by atoms with E-state index in [-0.39, 0.29) is 0 Å². The summed E-state index contributed by atoms with van der Waals surface area (Å²) in [6.07, 6.45) is 5.37. The van der Waals surface area contributed by atoms with Crippen molar-refractivity contribution in [1.29, 1.82) is 0 Å². The van der Waals surface area contributed by atoms with E-state index in [0.29, 0.717) is 6.04 Å². The normalized spacial score (nSPS) is 17.2. The smallest absolute Gasteiger partial charge is 0.119 e. The number of hydrogen-bond acceptors (Lipinski definition) is 4. The van der Waals surface area contributed by atoms with E-state index in [2.05, 4.69) is 35.4 Å². The molecular formula is C16H20N2OS. The molecule has 0 spiro atoms. The second-order valence-corrected chi connectivity index (χ2v) is 6.31. The minimum absolute atomic E-state index is 0.425. The van der Waals surface area contributed by atoms with E-state index in [1.165, 1.54) is 21.0 Å². The van der Waals surface area contributed by atoms with Crippen LogP contribution in [0.5, 0.6) is 5.75 Å². The summed E-state index contributed by atoms with van der Waals surface area (Å²) in [5, 5.41) is 4.81. The molecule has 1 atom stereocenters. The Morgan fingerprint density at radius 3 is 3.10 bits per heavy atom. The van der Waals surface area contributed by atoms with Crippen LogP contribution in [-0.2, 0) is 19.4 Å². The van der Waals surface area contributed by atoms with Gasteiger partial charge in [-0.25, -0.2) is 4.98 Å². The number of hydrogen-bond donors (Lipinski definition) is 1. The number of rotatable bonds is 5. The summed E-state index contributed by atoms with van der Waals surface area (Å²) >= 11 is 1.81. The molecule has 0 saturated carbocycles. The molecule has 3 nitrogen and oxygen atoms in total. The fourth-order valence-electron chi connectivity index (χ4n) is 2.72. The molecular weight excluding hydrogens is 268 g/mol. The molecule has 106 valence electrons. The van der Waals surface area contributed by atoms with Gasteiger partial charge in [-0.05, 0) is 42.5 Å². The molecule has 0 bridgehead atoms. The Morgan fingerprint density at radius 1 is 1.45 bits per heavy atom. The van der Waals surface area contributed by atoms with Gasteiger partial charge in [0.25, 0.3) is 0 Å². The van der Waals surface area contributed by atoms with Crippen LogP contribution in [0.4, 0.5) is 0 Å². The topological polar surface area (TPSA) is 34.2 Å². The van der Waals surface area contributed by atoms with Crippen LogP contribution >= 0.6 is 11.3 Å². The highest BCUT2D eigenvalue weighted by atomic mass is 32.1. The first kappa shape index (κ1) is 13.6. The van der Waals surface area contributed by atoms with Gasteiger partial charge in [-0.1, -0.05) is 13.0 Å². The third-order valence-corrected chi connectivity index (χ3v) is 5.02. The Hall–Kier alpha value is -1.39. The fraction of sp³-hybridized carbons (Fsp3) is 0.438. The number of benzene rings is 1. The molecule has 1 N–H and O–H groups in total. The average Bonchev–Trinajstić information content (AvgIpc) is 3.11. The van der Waals surface area contributed by atoms with E-state index < -0.39 is 0 Å². The third kappa shape index (κ3) is 2.72. The maximum atomic E-state index is 5.33. The van der Waals surface area contributed by atoms with E-state index in [0.717, 1.165) is 31.6 Å². The Balaban J connectivity index is 1.68. The highest BCUT2D eigenvalue weighted by Crippen LogP contribution is 2.34. The van der Waals surface area contributed by atoms with Gasteiger partial charge in [0.1, 0.15) is 10.8 Å². The number of ether oxygens (including phenoxy) is 1. The van der Waals surface area contributed by atoms with Crippen LogP contribution in [0.15, 0.2) is 24.4 Å². The van der Waals surface area contributed by atoms with Gasteiger partial charge < -0.3 is 10.1 Å². The molecule has 1 aliphatic carbocycles. The van der Waals surface area contributed by atoms with Gasteiger partial charge in [0.2, 0.25) is 0 Å². The lowest BCUT2D eigenvalue weighted by Crippen LogP contribution is -2.18. The standard InChI is InChI=1S/C16H20N2OS/c1-3-13-9-18-16(20-13)10-17-15-7-5-11-4-6-12(19-2)8-14(11)15/h4,6,8-9,15,17H,3,5,7,10H2,1-2H3. The second kappa shape index (κ2) is 5.94. The van der Waals surface area contributed by atoms with Crippen LogP contribution in [0.2, 0.25) is 0 Å². The summed E-state index contributed by atoms with van der Waals surface area (Å²) in [7, 11) is 1.72. The summed E-state index contributed by atoms with van der Waals surface area (Å²) in [5.41, 5.74) is 2.83. The Morgan fingerprint density at radius 2 is 2.35 bits per heavy atom. The predicted molar refractivity (Wildman–Crippen MR) is 82.4 cm³/mol. The molecule has 0 aliphatic heterocycles. The zero-order valence-corrected chi connectivity index (χ0v) is 12.8. The van der Waals surface area contributed by atoms with Crippen LogP contribution in [-0.4, -0.2) is 12.1 Å². The number of fused-ring (bicyclic) bond motifs is 1. The summed E-state index contributed by atoms with van der Waals surface area (Å²) in [4.78, 5) is 5.83. The molecule has 20 heavy (non-hydrogen) atoms. The van der Waals surface area contributed by atoms with Gasteiger partial charge in [0.05, 0.1) is 7.11 Å². The lowest BCUT2D eigenvalue weighted by atomic mass is 10.1. The molecule has 3 rings (SSSR count). The molecule has 1 aliphatic rings. The fourth-order valence-corrected chi connectivity index (χ4v) is 3.54. The molecule has 1 aromatic heterocycles. The molecule has 1 unspecified atom stereocenters. The molecule has 1 aromatic carbocycles. The Labute approximate surface area is 124 Å². The van der Waals surface area contributed by atoms with E-state index >= 15 is 0 Å². The predicted octanol–water partition coefficient (Wildman–Crippen LogP) is 3.49. The van der Waals surface area contributed by atoms with Gasteiger partial charge >= 0.3 is 0 Å². The molecule has 0 fully saturated rings. The van der Waals surface area contributed by atoms with Gasteiger partial charge in [-0.3, -0.25) is 0 Å². The zero-order valence-electron chi connectivity index (χ0n) is 12.0. The van der Waals surface area contributed by atoms with Crippen molar-refractivity contribution in [2.24, 2.45) is 0 Å². The van der Waals surface area contributed by atoms with Gasteiger partial charge in [0, 0.05) is 23.7 Å². The molecule has 2 aromatic rings. The number of thiazole rings is 1. The molecule has 0 radical (unpaired) electrons. The van der Waals surface area contributed by atoms with Crippen LogP contribution in [0.25, 0.3) is 0 Å². The van der Waals surface area contributed by atoms with Crippen molar-refractivity contribution >= 4 is 11.3 Å². The van der Waals surface area contributed by atoms with Crippen LogP contribution in [0.3, 0.4) is 0 Å². The summed E-state index contributed by atoms with van der Waals surface area (Å²) in [6.45, 7) is 3.02. The first-order valence-corrected chi connectivity index (χ1v) is 7.95. The lowest BCUT2D eigenvalue weighted by Gasteiger charge is -2.13. The van der Waals surface area contributed by atoms with Gasteiger partial charge in [-0.15, -0.1) is 11.3 Å². The summed E-state index contributed by atoms with van der Waals surface area (Å²) < 4.78 is 5.33. The lowest BCUT2D eigenvalue weighted by molar-refractivity contribution is 0.413. The molecule has 0 amide bonds.